The molecule has 5 nitrogen and oxygen atoms in total. The Balaban J connectivity index is 3.09. The number of ether oxygens (including phenoxy) is 1. The number of methoxy groups -OCH3 is 1. The van der Waals surface area contributed by atoms with Gasteiger partial charge in [0.2, 0.25) is 0 Å². The molecule has 0 aliphatic heterocycles. The number of H-pyrrole nitrogens is 1. The molecule has 1 heterocycles. The van der Waals surface area contributed by atoms with Crippen molar-refractivity contribution in [2.45, 2.75) is 19.4 Å². The maximum atomic E-state index is 11.2. The van der Waals surface area contributed by atoms with Crippen LogP contribution in [0.3, 0.4) is 0 Å². The zero-order chi connectivity index (χ0) is 10.6. The highest BCUT2D eigenvalue weighted by atomic mass is 16.5. The van der Waals surface area contributed by atoms with E-state index >= 15 is 0 Å². The fourth-order valence-corrected chi connectivity index (χ4v) is 1.12. The molecule has 0 aliphatic carbocycles. The van der Waals surface area contributed by atoms with Crippen molar-refractivity contribution < 1.29 is 4.74 Å². The van der Waals surface area contributed by atoms with Gasteiger partial charge in [0.05, 0.1) is 6.20 Å². The zero-order valence-electron chi connectivity index (χ0n) is 8.07. The lowest BCUT2D eigenvalue weighted by Gasteiger charge is -2.10. The molecule has 0 bridgehead atoms. The fraction of sp³-hybridized carbons (Fsp3) is 0.444. The predicted molar refractivity (Wildman–Crippen MR) is 49.6 cm³/mol. The Hall–Kier alpha value is -1.67. The Labute approximate surface area is 81.4 Å². The summed E-state index contributed by atoms with van der Waals surface area (Å²) in [5.74, 6) is 0.457. The minimum absolute atomic E-state index is 0.0136. The first-order chi connectivity index (χ1) is 6.72. The number of nitriles is 1. The first-order valence-corrected chi connectivity index (χ1v) is 4.25. The molecule has 1 atom stereocenters. The van der Waals surface area contributed by atoms with Gasteiger partial charge in [0, 0.05) is 7.11 Å². The molecule has 1 aromatic rings. The Bertz CT molecular complexity index is 401. The molecule has 74 valence electrons. The average Bonchev–Trinajstić information content (AvgIpc) is 2.20. The van der Waals surface area contributed by atoms with Crippen LogP contribution in [-0.2, 0) is 4.74 Å². The standard InChI is InChI=1S/C9H11N3O2/c1-3-7(14-2)8-11-5-6(4-10)9(13)12-8/h5,7H,3H2,1-2H3,(H,11,12,13). The minimum atomic E-state index is -0.423. The second-order valence-electron chi connectivity index (χ2n) is 2.76. The molecule has 0 aromatic carbocycles. The lowest BCUT2D eigenvalue weighted by Crippen LogP contribution is -2.17. The topological polar surface area (TPSA) is 78.8 Å². The molecule has 0 spiro atoms. The van der Waals surface area contributed by atoms with Crippen LogP contribution in [0, 0.1) is 11.3 Å². The molecule has 0 amide bonds. The van der Waals surface area contributed by atoms with Crippen molar-refractivity contribution in [2.24, 2.45) is 0 Å². The lowest BCUT2D eigenvalue weighted by atomic mass is 10.2. The third-order valence-corrected chi connectivity index (χ3v) is 1.90. The number of aromatic amines is 1. The summed E-state index contributed by atoms with van der Waals surface area (Å²) in [6.45, 7) is 1.92. The van der Waals surface area contributed by atoms with Crippen molar-refractivity contribution in [1.82, 2.24) is 9.97 Å². The normalized spacial score (nSPS) is 12.1. The summed E-state index contributed by atoms with van der Waals surface area (Å²) in [6, 6.07) is 1.75. The smallest absolute Gasteiger partial charge is 0.268 e. The lowest BCUT2D eigenvalue weighted by molar-refractivity contribution is 0.0923. The van der Waals surface area contributed by atoms with Crippen LogP contribution < -0.4 is 5.56 Å². The van der Waals surface area contributed by atoms with Crippen LogP contribution in [0.1, 0.15) is 30.8 Å². The summed E-state index contributed by atoms with van der Waals surface area (Å²) in [4.78, 5) is 17.7. The van der Waals surface area contributed by atoms with Gasteiger partial charge in [-0.3, -0.25) is 4.79 Å². The van der Waals surface area contributed by atoms with Crippen molar-refractivity contribution in [3.8, 4) is 6.07 Å². The number of hydrogen-bond donors (Lipinski definition) is 1. The van der Waals surface area contributed by atoms with Crippen molar-refractivity contribution >= 4 is 0 Å². The van der Waals surface area contributed by atoms with Crippen LogP contribution in [0.15, 0.2) is 11.0 Å². The van der Waals surface area contributed by atoms with Crippen molar-refractivity contribution in [1.29, 1.82) is 5.26 Å². The summed E-state index contributed by atoms with van der Waals surface area (Å²) in [7, 11) is 1.55. The number of aromatic nitrogens is 2. The summed E-state index contributed by atoms with van der Waals surface area (Å²) >= 11 is 0. The maximum absolute atomic E-state index is 11.2. The van der Waals surface area contributed by atoms with Gasteiger partial charge in [-0.15, -0.1) is 0 Å². The molecular weight excluding hydrogens is 182 g/mol. The number of hydrogen-bond acceptors (Lipinski definition) is 4. The monoisotopic (exact) mass is 193 g/mol. The summed E-state index contributed by atoms with van der Waals surface area (Å²) in [6.07, 6.45) is 1.75. The average molecular weight is 193 g/mol. The molecule has 0 aliphatic rings. The Morgan fingerprint density at radius 3 is 2.93 bits per heavy atom. The quantitative estimate of drug-likeness (QED) is 0.767. The second-order valence-corrected chi connectivity index (χ2v) is 2.76. The fourth-order valence-electron chi connectivity index (χ4n) is 1.12. The molecule has 0 fully saturated rings. The van der Waals surface area contributed by atoms with Gasteiger partial charge in [0.1, 0.15) is 23.6 Å². The van der Waals surface area contributed by atoms with Crippen LogP contribution >= 0.6 is 0 Å². The van der Waals surface area contributed by atoms with Crippen molar-refractivity contribution in [3.05, 3.63) is 27.9 Å². The minimum Gasteiger partial charge on any atom is -0.374 e. The van der Waals surface area contributed by atoms with E-state index in [1.165, 1.54) is 6.20 Å². The van der Waals surface area contributed by atoms with E-state index in [1.54, 1.807) is 13.2 Å². The number of nitrogens with zero attached hydrogens (tertiary/aromatic N) is 2. The van der Waals surface area contributed by atoms with Crippen LogP contribution in [0.25, 0.3) is 0 Å². The Kier molecular flexibility index (Phi) is 3.37. The summed E-state index contributed by atoms with van der Waals surface area (Å²) < 4.78 is 5.10. The van der Waals surface area contributed by atoms with E-state index in [2.05, 4.69) is 9.97 Å². The maximum Gasteiger partial charge on any atom is 0.268 e. The van der Waals surface area contributed by atoms with Crippen LogP contribution in [0.5, 0.6) is 0 Å². The highest BCUT2D eigenvalue weighted by Crippen LogP contribution is 2.13. The van der Waals surface area contributed by atoms with Crippen molar-refractivity contribution in [2.75, 3.05) is 7.11 Å². The molecule has 1 unspecified atom stereocenters. The van der Waals surface area contributed by atoms with Gasteiger partial charge in [-0.2, -0.15) is 5.26 Å². The molecule has 0 saturated heterocycles. The highest BCUT2D eigenvalue weighted by Gasteiger charge is 2.11. The molecule has 0 radical (unpaired) electrons. The van der Waals surface area contributed by atoms with Crippen LogP contribution in [0.4, 0.5) is 0 Å². The predicted octanol–water partition coefficient (Wildman–Crippen LogP) is 0.739. The molecule has 1 rings (SSSR count). The summed E-state index contributed by atoms with van der Waals surface area (Å²) in [5, 5.41) is 8.52. The van der Waals surface area contributed by atoms with E-state index in [0.717, 1.165) is 0 Å². The highest BCUT2D eigenvalue weighted by molar-refractivity contribution is 5.22. The largest absolute Gasteiger partial charge is 0.374 e. The van der Waals surface area contributed by atoms with Crippen LogP contribution in [-0.4, -0.2) is 17.1 Å². The molecule has 1 aromatic heterocycles. The van der Waals surface area contributed by atoms with E-state index < -0.39 is 5.56 Å². The van der Waals surface area contributed by atoms with E-state index in [0.29, 0.717) is 12.2 Å². The van der Waals surface area contributed by atoms with Gasteiger partial charge >= 0.3 is 0 Å². The molecule has 5 heteroatoms. The van der Waals surface area contributed by atoms with Crippen molar-refractivity contribution in [3.63, 3.8) is 0 Å². The second kappa shape index (κ2) is 4.53. The van der Waals surface area contributed by atoms with Gasteiger partial charge < -0.3 is 9.72 Å². The molecule has 0 saturated carbocycles. The van der Waals surface area contributed by atoms with Gasteiger partial charge in [-0.05, 0) is 6.42 Å². The Morgan fingerprint density at radius 1 is 1.79 bits per heavy atom. The van der Waals surface area contributed by atoms with E-state index in [9.17, 15) is 4.79 Å². The van der Waals surface area contributed by atoms with Gasteiger partial charge in [-0.25, -0.2) is 4.98 Å². The first kappa shape index (κ1) is 10.4. The molecule has 14 heavy (non-hydrogen) atoms. The molecule has 1 N–H and O–H groups in total. The van der Waals surface area contributed by atoms with E-state index in [4.69, 9.17) is 10.00 Å². The third-order valence-electron chi connectivity index (χ3n) is 1.90. The molecular formula is C9H11N3O2. The van der Waals surface area contributed by atoms with E-state index in [1.807, 2.05) is 6.92 Å². The number of rotatable bonds is 3. The summed E-state index contributed by atoms with van der Waals surface area (Å²) in [5.41, 5.74) is -0.410. The first-order valence-electron chi connectivity index (χ1n) is 4.25. The van der Waals surface area contributed by atoms with Crippen LogP contribution in [0.2, 0.25) is 0 Å². The van der Waals surface area contributed by atoms with Gasteiger partial charge in [0.25, 0.3) is 5.56 Å². The van der Waals surface area contributed by atoms with Gasteiger partial charge in [-0.1, -0.05) is 6.92 Å². The third kappa shape index (κ3) is 1.98. The number of nitrogens with one attached hydrogen (secondary N) is 1. The van der Waals surface area contributed by atoms with E-state index in [-0.39, 0.29) is 11.7 Å². The Morgan fingerprint density at radius 2 is 2.50 bits per heavy atom. The van der Waals surface area contributed by atoms with Gasteiger partial charge in [0.15, 0.2) is 0 Å². The SMILES string of the molecule is CCC(OC)c1ncc(C#N)c(=O)[nH]1. The zero-order valence-corrected chi connectivity index (χ0v) is 8.07.